The van der Waals surface area contributed by atoms with Crippen LogP contribution < -0.4 is 15.2 Å². The molecule has 0 amide bonds. The van der Waals surface area contributed by atoms with Crippen molar-refractivity contribution in [2.75, 3.05) is 20.8 Å². The highest BCUT2D eigenvalue weighted by Gasteiger charge is 2.50. The van der Waals surface area contributed by atoms with Crippen LogP contribution in [0.4, 0.5) is 0 Å². The van der Waals surface area contributed by atoms with E-state index in [2.05, 4.69) is 0 Å². The Bertz CT molecular complexity index is 1350. The maximum absolute atomic E-state index is 12.9. The molecule has 2 unspecified atom stereocenters. The molecule has 1 aliphatic rings. The van der Waals surface area contributed by atoms with Crippen LogP contribution >= 0.6 is 20.0 Å². The van der Waals surface area contributed by atoms with Crippen LogP contribution in [-0.4, -0.2) is 69.2 Å². The van der Waals surface area contributed by atoms with Crippen molar-refractivity contribution in [2.24, 2.45) is 5.73 Å². The number of phosphoric acid groups is 1. The zero-order valence-corrected chi connectivity index (χ0v) is 26.0. The molecular weight excluding hydrogens is 592 g/mol. The number of benzene rings is 3. The predicted octanol–water partition coefficient (Wildman–Crippen LogP) is 4.45. The standard InChI is InChI=1S/C30H35BNO9PS/c1-19(2)40-42(33,34)41-26-25(38-28(31)27(26)39-29(32)43)18-37-30(20-8-6-5-7-9-20,21-10-14-23(35-3)15-11-21)22-12-16-24(36-4)17-13-22/h5-17,19,25-28H,18H2,1-4H3,(H2,32,43)(H,33,34)/t25-,26+,27?,28-/m1/s1. The lowest BCUT2D eigenvalue weighted by molar-refractivity contribution is -0.0753. The molecule has 1 fully saturated rings. The van der Waals surface area contributed by atoms with Gasteiger partial charge in [0.15, 0.2) is 0 Å². The first-order chi connectivity index (χ1) is 20.5. The maximum atomic E-state index is 12.9. The molecule has 1 heterocycles. The number of phosphoric ester groups is 1. The lowest BCUT2D eigenvalue weighted by Gasteiger charge is -2.37. The molecule has 10 nitrogen and oxygen atoms in total. The number of thiocarbonyl (C=S) groups is 1. The summed E-state index contributed by atoms with van der Waals surface area (Å²) in [7, 11) is 4.83. The summed E-state index contributed by atoms with van der Waals surface area (Å²) >= 11 is 4.92. The smallest absolute Gasteiger partial charge is 0.472 e. The highest BCUT2D eigenvalue weighted by Crippen LogP contribution is 2.49. The largest absolute Gasteiger partial charge is 0.497 e. The summed E-state index contributed by atoms with van der Waals surface area (Å²) in [6.07, 6.45) is -3.95. The van der Waals surface area contributed by atoms with E-state index in [1.165, 1.54) is 0 Å². The van der Waals surface area contributed by atoms with Crippen molar-refractivity contribution in [3.63, 3.8) is 0 Å². The highest BCUT2D eigenvalue weighted by molar-refractivity contribution is 7.80. The average Bonchev–Trinajstić information content (AvgIpc) is 3.26. The van der Waals surface area contributed by atoms with E-state index in [-0.39, 0.29) is 11.8 Å². The minimum absolute atomic E-state index is 0.163. The van der Waals surface area contributed by atoms with Crippen LogP contribution in [0.5, 0.6) is 11.5 Å². The van der Waals surface area contributed by atoms with Gasteiger partial charge in [0, 0.05) is 0 Å². The van der Waals surface area contributed by atoms with E-state index in [9.17, 15) is 9.46 Å². The van der Waals surface area contributed by atoms with Gasteiger partial charge in [-0.05, 0) is 67.0 Å². The summed E-state index contributed by atoms with van der Waals surface area (Å²) in [6.45, 7) is 3.04. The van der Waals surface area contributed by atoms with Gasteiger partial charge in [0.25, 0.3) is 5.17 Å². The predicted molar refractivity (Wildman–Crippen MR) is 165 cm³/mol. The van der Waals surface area contributed by atoms with Gasteiger partial charge in [-0.15, -0.1) is 0 Å². The van der Waals surface area contributed by atoms with Gasteiger partial charge in [0.2, 0.25) is 0 Å². The number of nitrogens with two attached hydrogens (primary N) is 1. The molecule has 5 atom stereocenters. The summed E-state index contributed by atoms with van der Waals surface area (Å²) < 4.78 is 52.8. The molecule has 1 aliphatic heterocycles. The van der Waals surface area contributed by atoms with E-state index in [1.54, 1.807) is 28.1 Å². The number of ether oxygens (including phenoxy) is 5. The molecule has 43 heavy (non-hydrogen) atoms. The zero-order chi connectivity index (χ0) is 31.2. The summed E-state index contributed by atoms with van der Waals surface area (Å²) in [5, 5.41) is -0.327. The fourth-order valence-electron chi connectivity index (χ4n) is 5.01. The fraction of sp³-hybridized carbons (Fsp3) is 0.367. The van der Waals surface area contributed by atoms with Crippen LogP contribution in [0.3, 0.4) is 0 Å². The Morgan fingerprint density at radius 1 is 0.953 bits per heavy atom. The average molecular weight is 627 g/mol. The van der Waals surface area contributed by atoms with E-state index in [1.807, 2.05) is 78.9 Å². The van der Waals surface area contributed by atoms with Crippen LogP contribution in [0.1, 0.15) is 30.5 Å². The van der Waals surface area contributed by atoms with Gasteiger partial charge in [-0.3, -0.25) is 9.05 Å². The summed E-state index contributed by atoms with van der Waals surface area (Å²) in [5.74, 6) is 1.33. The molecule has 228 valence electrons. The molecule has 0 aliphatic carbocycles. The zero-order valence-electron chi connectivity index (χ0n) is 24.3. The minimum Gasteiger partial charge on any atom is -0.497 e. The van der Waals surface area contributed by atoms with E-state index in [0.717, 1.165) is 16.7 Å². The molecule has 0 saturated carbocycles. The van der Waals surface area contributed by atoms with Crippen molar-refractivity contribution in [2.45, 2.75) is 49.9 Å². The summed E-state index contributed by atoms with van der Waals surface area (Å²) in [5.41, 5.74) is 6.79. The van der Waals surface area contributed by atoms with Crippen molar-refractivity contribution < 1.29 is 42.2 Å². The van der Waals surface area contributed by atoms with Gasteiger partial charge in [-0.1, -0.05) is 54.6 Å². The van der Waals surface area contributed by atoms with Crippen molar-refractivity contribution in [3.8, 4) is 11.5 Å². The van der Waals surface area contributed by atoms with Gasteiger partial charge in [0.05, 0.1) is 32.9 Å². The lowest BCUT2D eigenvalue weighted by Crippen LogP contribution is -2.43. The Morgan fingerprint density at radius 3 is 1.93 bits per heavy atom. The monoisotopic (exact) mass is 627 g/mol. The van der Waals surface area contributed by atoms with Crippen LogP contribution in [0.15, 0.2) is 78.9 Å². The molecular formula is C30H35BNO9PS. The molecule has 2 radical (unpaired) electrons. The second-order valence-electron chi connectivity index (χ2n) is 10.0. The number of hydrogen-bond acceptors (Lipinski definition) is 9. The number of rotatable bonds is 13. The second kappa shape index (κ2) is 14.2. The van der Waals surface area contributed by atoms with Gasteiger partial charge in [-0.2, -0.15) is 0 Å². The van der Waals surface area contributed by atoms with Gasteiger partial charge < -0.3 is 34.3 Å². The van der Waals surface area contributed by atoms with Crippen LogP contribution in [0.25, 0.3) is 0 Å². The number of methoxy groups -OCH3 is 2. The Hall–Kier alpha value is -2.96. The highest BCUT2D eigenvalue weighted by atomic mass is 32.1. The topological polar surface area (TPSA) is 128 Å². The third-order valence-corrected chi connectivity index (χ3v) is 8.13. The summed E-state index contributed by atoms with van der Waals surface area (Å²) in [6, 6.07) is 23.5. The van der Waals surface area contributed by atoms with Crippen molar-refractivity contribution in [3.05, 3.63) is 95.6 Å². The molecule has 0 spiro atoms. The van der Waals surface area contributed by atoms with E-state index in [0.29, 0.717) is 11.5 Å². The van der Waals surface area contributed by atoms with E-state index in [4.69, 9.17) is 58.5 Å². The van der Waals surface area contributed by atoms with Crippen LogP contribution in [0.2, 0.25) is 0 Å². The Labute approximate surface area is 258 Å². The molecule has 3 N–H and O–H groups in total. The molecule has 3 aromatic rings. The molecule has 1 saturated heterocycles. The summed E-state index contributed by atoms with van der Waals surface area (Å²) in [4.78, 5) is 10.5. The first-order valence-corrected chi connectivity index (χ1v) is 15.4. The lowest BCUT2D eigenvalue weighted by atomic mass is 9.80. The van der Waals surface area contributed by atoms with Gasteiger partial charge in [-0.25, -0.2) is 4.57 Å². The first-order valence-electron chi connectivity index (χ1n) is 13.5. The normalized spacial score (nSPS) is 21.7. The van der Waals surface area contributed by atoms with E-state index >= 15 is 0 Å². The SMILES string of the molecule is [B][C@@H]1O[C@H](COC(c2ccccc2)(c2ccc(OC)cc2)c2ccc(OC)cc2)[C@H](OP(=O)(O)OC(C)C)C1OC(N)=S. The van der Waals surface area contributed by atoms with Crippen LogP contribution in [0, 0.1) is 0 Å². The quantitative estimate of drug-likeness (QED) is 0.121. The third kappa shape index (κ3) is 7.77. The van der Waals surface area contributed by atoms with Crippen molar-refractivity contribution in [1.82, 2.24) is 0 Å². The molecule has 4 rings (SSSR count). The Kier molecular flexibility index (Phi) is 10.9. The Balaban J connectivity index is 1.80. The molecule has 0 aromatic heterocycles. The number of hydrogen-bond donors (Lipinski definition) is 2. The third-order valence-electron chi connectivity index (χ3n) is 6.83. The van der Waals surface area contributed by atoms with Gasteiger partial charge >= 0.3 is 7.82 Å². The van der Waals surface area contributed by atoms with Crippen molar-refractivity contribution in [1.29, 1.82) is 0 Å². The maximum Gasteiger partial charge on any atom is 0.472 e. The second-order valence-corrected chi connectivity index (χ2v) is 11.8. The Morgan fingerprint density at radius 2 is 1.47 bits per heavy atom. The van der Waals surface area contributed by atoms with E-state index < -0.39 is 43.8 Å². The van der Waals surface area contributed by atoms with Crippen LogP contribution in [-0.2, 0) is 33.4 Å². The minimum atomic E-state index is -4.58. The van der Waals surface area contributed by atoms with Crippen molar-refractivity contribution >= 4 is 33.1 Å². The van der Waals surface area contributed by atoms with Gasteiger partial charge in [0.1, 0.15) is 43.3 Å². The molecule has 0 bridgehead atoms. The fourth-order valence-corrected chi connectivity index (χ4v) is 6.27. The molecule has 13 heteroatoms. The first kappa shape index (κ1) is 32.9. The molecule has 3 aromatic carbocycles.